The Morgan fingerprint density at radius 3 is 0.803 bits per heavy atom. The standard InChI is InChI=1S/C75H55N/c1-75(2)73-31-10-9-30-71(73)72-51-67(38-45-74(72)75)66-29-15-24-61(50-66)56-36-43-70(44-37-56)76(68-39-32-54(33-40-68)59-22-13-27-64(48-59)62-25-11-20-57(46-62)52-16-5-3-6-17-52)69-41-34-55(35-42-69)60-23-14-28-65(49-60)63-26-12-21-58(47-63)53-18-7-4-8-19-53/h3-51H,1-2H3. The molecule has 0 saturated carbocycles. The van der Waals surface area contributed by atoms with E-state index in [1.54, 1.807) is 0 Å². The third kappa shape index (κ3) is 8.93. The zero-order valence-electron chi connectivity index (χ0n) is 42.7. The summed E-state index contributed by atoms with van der Waals surface area (Å²) in [5, 5.41) is 0. The zero-order valence-corrected chi connectivity index (χ0v) is 42.7. The van der Waals surface area contributed by atoms with Crippen LogP contribution in [0.5, 0.6) is 0 Å². The van der Waals surface area contributed by atoms with Crippen molar-refractivity contribution >= 4 is 17.1 Å². The number of rotatable bonds is 11. The Morgan fingerprint density at radius 2 is 0.447 bits per heavy atom. The fraction of sp³-hybridized carbons (Fsp3) is 0.0400. The number of hydrogen-bond donors (Lipinski definition) is 0. The molecule has 0 heterocycles. The van der Waals surface area contributed by atoms with Crippen molar-refractivity contribution in [3.63, 3.8) is 0 Å². The summed E-state index contributed by atoms with van der Waals surface area (Å²) in [6, 6.07) is 109. The summed E-state index contributed by atoms with van der Waals surface area (Å²) < 4.78 is 0. The highest BCUT2D eigenvalue weighted by molar-refractivity contribution is 5.87. The number of anilines is 3. The van der Waals surface area contributed by atoms with Gasteiger partial charge in [0.25, 0.3) is 0 Å². The minimum atomic E-state index is -0.0165. The molecule has 12 aromatic rings. The van der Waals surface area contributed by atoms with Crippen molar-refractivity contribution in [2.24, 2.45) is 0 Å². The lowest BCUT2D eigenvalue weighted by Gasteiger charge is -2.26. The molecule has 0 saturated heterocycles. The van der Waals surface area contributed by atoms with Crippen molar-refractivity contribution in [2.75, 3.05) is 4.90 Å². The van der Waals surface area contributed by atoms with E-state index in [-0.39, 0.29) is 5.41 Å². The van der Waals surface area contributed by atoms with E-state index in [1.807, 2.05) is 0 Å². The van der Waals surface area contributed by atoms with Gasteiger partial charge in [-0.05, 0) is 184 Å². The minimum Gasteiger partial charge on any atom is -0.311 e. The molecule has 1 aliphatic carbocycles. The summed E-state index contributed by atoms with van der Waals surface area (Å²) in [5.41, 5.74) is 27.9. The molecule has 0 fully saturated rings. The predicted octanol–water partition coefficient (Wildman–Crippen LogP) is 20.8. The average Bonchev–Trinajstić information content (AvgIpc) is 3.75. The van der Waals surface area contributed by atoms with Crippen LogP contribution in [0.1, 0.15) is 25.0 Å². The monoisotopic (exact) mass is 969 g/mol. The van der Waals surface area contributed by atoms with E-state index in [0.29, 0.717) is 0 Å². The van der Waals surface area contributed by atoms with Gasteiger partial charge in [0.2, 0.25) is 0 Å². The van der Waals surface area contributed by atoms with Crippen LogP contribution < -0.4 is 4.90 Å². The SMILES string of the molecule is CC1(C)c2ccccc2-c2cc(-c3cccc(-c4ccc(N(c5ccc(-c6cccc(-c7cccc(-c8ccccc8)c7)c6)cc5)c5ccc(-c6cccc(-c7cccc(-c8ccccc8)c7)c6)cc5)cc4)c3)ccc21. The maximum atomic E-state index is 2.39. The molecule has 0 N–H and O–H groups in total. The molecule has 13 rings (SSSR count). The van der Waals surface area contributed by atoms with Crippen molar-refractivity contribution in [1.29, 1.82) is 0 Å². The number of benzene rings is 12. The van der Waals surface area contributed by atoms with Crippen molar-refractivity contribution in [1.82, 2.24) is 0 Å². The molecule has 0 aromatic heterocycles. The molecule has 1 heteroatoms. The Balaban J connectivity index is 0.823. The van der Waals surface area contributed by atoms with Crippen LogP contribution in [0.3, 0.4) is 0 Å². The van der Waals surface area contributed by atoms with Crippen LogP contribution in [0.2, 0.25) is 0 Å². The van der Waals surface area contributed by atoms with Crippen molar-refractivity contribution in [3.05, 3.63) is 308 Å². The summed E-state index contributed by atoms with van der Waals surface area (Å²) in [4.78, 5) is 2.37. The second kappa shape index (κ2) is 19.7. The Kier molecular flexibility index (Phi) is 12.0. The molecular formula is C75H55N. The fourth-order valence-electron chi connectivity index (χ4n) is 11.4. The first kappa shape index (κ1) is 46.2. The highest BCUT2D eigenvalue weighted by atomic mass is 15.1. The molecule has 0 spiro atoms. The Labute approximate surface area is 447 Å². The van der Waals surface area contributed by atoms with Crippen LogP contribution in [-0.4, -0.2) is 0 Å². The Bertz CT molecular complexity index is 3870. The summed E-state index contributed by atoms with van der Waals surface area (Å²) in [6.45, 7) is 4.68. The first-order chi connectivity index (χ1) is 37.4. The lowest BCUT2D eigenvalue weighted by molar-refractivity contribution is 0.660. The van der Waals surface area contributed by atoms with Gasteiger partial charge in [0, 0.05) is 22.5 Å². The zero-order chi connectivity index (χ0) is 51.0. The van der Waals surface area contributed by atoms with E-state index < -0.39 is 0 Å². The lowest BCUT2D eigenvalue weighted by atomic mass is 9.82. The summed E-state index contributed by atoms with van der Waals surface area (Å²) in [7, 11) is 0. The molecule has 0 aliphatic heterocycles. The summed E-state index contributed by atoms with van der Waals surface area (Å²) in [5.74, 6) is 0. The number of nitrogens with zero attached hydrogens (tertiary/aromatic N) is 1. The highest BCUT2D eigenvalue weighted by Crippen LogP contribution is 2.50. The lowest BCUT2D eigenvalue weighted by Crippen LogP contribution is -2.14. The summed E-state index contributed by atoms with van der Waals surface area (Å²) in [6.07, 6.45) is 0. The van der Waals surface area contributed by atoms with E-state index in [1.165, 1.54) is 111 Å². The van der Waals surface area contributed by atoms with Gasteiger partial charge < -0.3 is 4.90 Å². The molecule has 12 aromatic carbocycles. The van der Waals surface area contributed by atoms with E-state index in [2.05, 4.69) is 316 Å². The minimum absolute atomic E-state index is 0.0165. The average molecular weight is 970 g/mol. The van der Waals surface area contributed by atoms with Gasteiger partial charge >= 0.3 is 0 Å². The fourth-order valence-corrected chi connectivity index (χ4v) is 11.4. The van der Waals surface area contributed by atoms with Crippen LogP contribution in [-0.2, 0) is 5.41 Å². The van der Waals surface area contributed by atoms with Gasteiger partial charge in [0.15, 0.2) is 0 Å². The van der Waals surface area contributed by atoms with Gasteiger partial charge in [-0.3, -0.25) is 0 Å². The molecule has 1 nitrogen and oxygen atoms in total. The highest BCUT2D eigenvalue weighted by Gasteiger charge is 2.35. The maximum Gasteiger partial charge on any atom is 0.0462 e. The van der Waals surface area contributed by atoms with Gasteiger partial charge in [-0.25, -0.2) is 0 Å². The first-order valence-corrected chi connectivity index (χ1v) is 26.4. The molecule has 0 unspecified atom stereocenters. The predicted molar refractivity (Wildman–Crippen MR) is 322 cm³/mol. The van der Waals surface area contributed by atoms with Gasteiger partial charge in [-0.15, -0.1) is 0 Å². The number of fused-ring (bicyclic) bond motifs is 3. The second-order valence-corrected chi connectivity index (χ2v) is 20.5. The molecule has 0 radical (unpaired) electrons. The molecule has 1 aliphatic rings. The van der Waals surface area contributed by atoms with Gasteiger partial charge in [-0.1, -0.05) is 238 Å². The van der Waals surface area contributed by atoms with Crippen molar-refractivity contribution in [2.45, 2.75) is 19.3 Å². The van der Waals surface area contributed by atoms with E-state index >= 15 is 0 Å². The number of hydrogen-bond acceptors (Lipinski definition) is 1. The Morgan fingerprint density at radius 1 is 0.197 bits per heavy atom. The van der Waals surface area contributed by atoms with Gasteiger partial charge in [0.1, 0.15) is 0 Å². The van der Waals surface area contributed by atoms with Crippen molar-refractivity contribution in [3.8, 4) is 100 Å². The molecule has 360 valence electrons. The largest absolute Gasteiger partial charge is 0.311 e. The molecular weight excluding hydrogens is 915 g/mol. The van der Waals surface area contributed by atoms with E-state index in [4.69, 9.17) is 0 Å². The Hall–Kier alpha value is -9.56. The topological polar surface area (TPSA) is 3.24 Å². The third-order valence-corrected chi connectivity index (χ3v) is 15.5. The van der Waals surface area contributed by atoms with Gasteiger partial charge in [0.05, 0.1) is 0 Å². The van der Waals surface area contributed by atoms with Crippen LogP contribution >= 0.6 is 0 Å². The molecule has 76 heavy (non-hydrogen) atoms. The van der Waals surface area contributed by atoms with Crippen LogP contribution in [0.25, 0.3) is 100 Å². The van der Waals surface area contributed by atoms with E-state index in [0.717, 1.165) is 17.1 Å². The molecule has 0 amide bonds. The van der Waals surface area contributed by atoms with E-state index in [9.17, 15) is 0 Å². The smallest absolute Gasteiger partial charge is 0.0462 e. The quantitative estimate of drug-likeness (QED) is 0.125. The normalized spacial score (nSPS) is 12.2. The second-order valence-electron chi connectivity index (χ2n) is 20.5. The maximum absolute atomic E-state index is 2.39. The molecule has 0 bridgehead atoms. The molecule has 0 atom stereocenters. The van der Waals surface area contributed by atoms with Crippen LogP contribution in [0.15, 0.2) is 297 Å². The van der Waals surface area contributed by atoms with Crippen LogP contribution in [0, 0.1) is 0 Å². The van der Waals surface area contributed by atoms with Crippen LogP contribution in [0.4, 0.5) is 17.1 Å². The first-order valence-electron chi connectivity index (χ1n) is 26.4. The van der Waals surface area contributed by atoms with Gasteiger partial charge in [-0.2, -0.15) is 0 Å². The third-order valence-electron chi connectivity index (χ3n) is 15.5. The van der Waals surface area contributed by atoms with Crippen molar-refractivity contribution < 1.29 is 0 Å². The summed E-state index contributed by atoms with van der Waals surface area (Å²) >= 11 is 0.